The minimum atomic E-state index is -0.844. The lowest BCUT2D eigenvalue weighted by Gasteiger charge is -2.30. The summed E-state index contributed by atoms with van der Waals surface area (Å²) in [4.78, 5) is 29.0. The molecule has 2 aromatic heterocycles. The molecule has 7 heteroatoms. The molecule has 144 valence electrons. The van der Waals surface area contributed by atoms with Gasteiger partial charge >= 0.3 is 6.09 Å². The predicted molar refractivity (Wildman–Crippen MR) is 106 cm³/mol. The van der Waals surface area contributed by atoms with Crippen molar-refractivity contribution in [2.75, 3.05) is 18.4 Å². The Labute approximate surface area is 162 Å². The van der Waals surface area contributed by atoms with Gasteiger partial charge in [-0.05, 0) is 54.2 Å². The Hall–Kier alpha value is -3.35. The van der Waals surface area contributed by atoms with Gasteiger partial charge in [-0.15, -0.1) is 0 Å². The predicted octanol–water partition coefficient (Wildman–Crippen LogP) is 3.37. The smallest absolute Gasteiger partial charge is 0.407 e. The number of carboxylic acid groups (broad SMARTS) is 1. The number of nitrogens with zero attached hydrogens (tertiary/aromatic N) is 3. The van der Waals surface area contributed by atoms with Crippen LogP contribution in [-0.4, -0.2) is 44.5 Å². The molecule has 0 radical (unpaired) electrons. The van der Waals surface area contributed by atoms with Gasteiger partial charge in [0, 0.05) is 37.4 Å². The van der Waals surface area contributed by atoms with Crippen LogP contribution in [0, 0.1) is 0 Å². The maximum Gasteiger partial charge on any atom is 0.407 e. The molecule has 0 unspecified atom stereocenters. The zero-order valence-electron chi connectivity index (χ0n) is 15.4. The Kier molecular flexibility index (Phi) is 4.97. The van der Waals surface area contributed by atoms with E-state index in [2.05, 4.69) is 10.3 Å². The first-order chi connectivity index (χ1) is 13.6. The molecule has 28 heavy (non-hydrogen) atoms. The van der Waals surface area contributed by atoms with Gasteiger partial charge in [-0.25, -0.2) is 9.78 Å². The number of anilines is 1. The summed E-state index contributed by atoms with van der Waals surface area (Å²) in [7, 11) is 0. The molecule has 1 aliphatic heterocycles. The molecule has 1 aromatic carbocycles. The zero-order valence-corrected chi connectivity index (χ0v) is 15.4. The van der Waals surface area contributed by atoms with Crippen LogP contribution in [0.3, 0.4) is 0 Å². The van der Waals surface area contributed by atoms with E-state index in [1.807, 2.05) is 53.2 Å². The highest BCUT2D eigenvalue weighted by molar-refractivity contribution is 5.92. The van der Waals surface area contributed by atoms with E-state index in [0.717, 1.165) is 29.7 Å². The summed E-state index contributed by atoms with van der Waals surface area (Å²) in [5.74, 6) is 0.292. The van der Waals surface area contributed by atoms with E-state index in [1.165, 1.54) is 10.5 Å². The van der Waals surface area contributed by atoms with Crippen LogP contribution >= 0.6 is 0 Å². The number of piperidine rings is 1. The number of hydrogen-bond donors (Lipinski definition) is 2. The fraction of sp³-hybridized carbons (Fsp3) is 0.286. The van der Waals surface area contributed by atoms with E-state index in [9.17, 15) is 9.59 Å². The fourth-order valence-electron chi connectivity index (χ4n) is 3.70. The van der Waals surface area contributed by atoms with Gasteiger partial charge in [0.25, 0.3) is 0 Å². The van der Waals surface area contributed by atoms with Crippen LogP contribution < -0.4 is 5.32 Å². The van der Waals surface area contributed by atoms with Crippen molar-refractivity contribution in [1.82, 2.24) is 14.3 Å². The first-order valence-corrected chi connectivity index (χ1v) is 9.38. The lowest BCUT2D eigenvalue weighted by atomic mass is 9.89. The largest absolute Gasteiger partial charge is 0.465 e. The minimum Gasteiger partial charge on any atom is -0.465 e. The Morgan fingerprint density at radius 1 is 1.11 bits per heavy atom. The maximum atomic E-state index is 12.3. The van der Waals surface area contributed by atoms with E-state index >= 15 is 0 Å². The van der Waals surface area contributed by atoms with E-state index in [1.54, 1.807) is 6.20 Å². The SMILES string of the molecule is O=C(Cc1ccn2ccnc2c1)Nc1ccc(C2CCN(C(=O)O)CC2)cc1. The van der Waals surface area contributed by atoms with E-state index in [-0.39, 0.29) is 5.91 Å². The highest BCUT2D eigenvalue weighted by atomic mass is 16.4. The summed E-state index contributed by atoms with van der Waals surface area (Å²) < 4.78 is 1.90. The van der Waals surface area contributed by atoms with Crippen LogP contribution in [-0.2, 0) is 11.2 Å². The molecule has 1 saturated heterocycles. The fourth-order valence-corrected chi connectivity index (χ4v) is 3.70. The highest BCUT2D eigenvalue weighted by Gasteiger charge is 2.23. The van der Waals surface area contributed by atoms with Crippen LogP contribution in [0.5, 0.6) is 0 Å². The first kappa shape index (κ1) is 18.0. The summed E-state index contributed by atoms with van der Waals surface area (Å²) in [5, 5.41) is 12.0. The van der Waals surface area contributed by atoms with Gasteiger partial charge in [-0.3, -0.25) is 4.79 Å². The average molecular weight is 378 g/mol. The molecule has 7 nitrogen and oxygen atoms in total. The van der Waals surface area contributed by atoms with Crippen molar-refractivity contribution in [2.45, 2.75) is 25.2 Å². The summed E-state index contributed by atoms with van der Waals surface area (Å²) in [6, 6.07) is 11.7. The van der Waals surface area contributed by atoms with Gasteiger partial charge in [0.1, 0.15) is 5.65 Å². The first-order valence-electron chi connectivity index (χ1n) is 9.38. The van der Waals surface area contributed by atoms with Crippen molar-refractivity contribution in [1.29, 1.82) is 0 Å². The number of amides is 2. The Balaban J connectivity index is 1.33. The van der Waals surface area contributed by atoms with Gasteiger partial charge in [0.2, 0.25) is 5.91 Å². The van der Waals surface area contributed by atoms with Crippen LogP contribution in [0.2, 0.25) is 0 Å². The summed E-state index contributed by atoms with van der Waals surface area (Å²) >= 11 is 0. The number of hydrogen-bond acceptors (Lipinski definition) is 3. The number of fused-ring (bicyclic) bond motifs is 1. The second kappa shape index (κ2) is 7.72. The maximum absolute atomic E-state index is 12.3. The second-order valence-corrected chi connectivity index (χ2v) is 7.12. The number of rotatable bonds is 4. The van der Waals surface area contributed by atoms with Crippen molar-refractivity contribution in [2.24, 2.45) is 0 Å². The molecule has 3 heterocycles. The number of nitrogens with one attached hydrogen (secondary N) is 1. The summed E-state index contributed by atoms with van der Waals surface area (Å²) in [6.07, 6.45) is 6.60. The zero-order chi connectivity index (χ0) is 19.5. The van der Waals surface area contributed by atoms with Crippen LogP contribution in [0.4, 0.5) is 10.5 Å². The third-order valence-corrected chi connectivity index (χ3v) is 5.26. The number of carbonyl (C=O) groups excluding carboxylic acids is 1. The van der Waals surface area contributed by atoms with Gasteiger partial charge in [-0.2, -0.15) is 0 Å². The normalized spacial score (nSPS) is 14.9. The van der Waals surface area contributed by atoms with Crippen molar-refractivity contribution < 1.29 is 14.7 Å². The molecule has 0 spiro atoms. The van der Waals surface area contributed by atoms with Crippen molar-refractivity contribution >= 4 is 23.3 Å². The molecule has 0 bridgehead atoms. The van der Waals surface area contributed by atoms with Crippen LogP contribution in [0.1, 0.15) is 29.9 Å². The van der Waals surface area contributed by atoms with Gasteiger partial charge in [-0.1, -0.05) is 12.1 Å². The summed E-state index contributed by atoms with van der Waals surface area (Å²) in [5.41, 5.74) is 3.69. The molecule has 4 rings (SSSR count). The third-order valence-electron chi connectivity index (χ3n) is 5.26. The lowest BCUT2D eigenvalue weighted by molar-refractivity contribution is -0.115. The molecular weight excluding hydrogens is 356 g/mol. The van der Waals surface area contributed by atoms with Crippen LogP contribution in [0.15, 0.2) is 55.0 Å². The standard InChI is InChI=1S/C21H22N4O3/c26-20(14-15-5-9-24-12-8-22-19(24)13-15)23-18-3-1-16(2-4-18)17-6-10-25(11-7-17)21(27)28/h1-5,8-9,12-13,17H,6-7,10-11,14H2,(H,23,26)(H,27,28). The quantitative estimate of drug-likeness (QED) is 0.729. The van der Waals surface area contributed by atoms with Crippen LogP contribution in [0.25, 0.3) is 5.65 Å². The van der Waals surface area contributed by atoms with E-state index in [0.29, 0.717) is 25.4 Å². The molecule has 3 aromatic rings. The van der Waals surface area contributed by atoms with E-state index < -0.39 is 6.09 Å². The van der Waals surface area contributed by atoms with Gasteiger partial charge in [0.05, 0.1) is 6.42 Å². The molecule has 0 atom stereocenters. The molecule has 2 amide bonds. The number of pyridine rings is 1. The number of imidazole rings is 1. The number of aromatic nitrogens is 2. The Morgan fingerprint density at radius 3 is 2.57 bits per heavy atom. The van der Waals surface area contributed by atoms with Gasteiger partial charge < -0.3 is 19.7 Å². The Bertz CT molecular complexity index is 988. The third kappa shape index (κ3) is 3.98. The second-order valence-electron chi connectivity index (χ2n) is 7.12. The molecular formula is C21H22N4O3. The topological polar surface area (TPSA) is 86.9 Å². The van der Waals surface area contributed by atoms with Crippen molar-refractivity contribution in [3.8, 4) is 0 Å². The molecule has 0 aliphatic carbocycles. The number of carbonyl (C=O) groups is 2. The van der Waals surface area contributed by atoms with Gasteiger partial charge in [0.15, 0.2) is 0 Å². The number of likely N-dealkylation sites (tertiary alicyclic amines) is 1. The molecule has 2 N–H and O–H groups in total. The molecule has 1 aliphatic rings. The number of benzene rings is 1. The Morgan fingerprint density at radius 2 is 1.86 bits per heavy atom. The molecule has 0 saturated carbocycles. The van der Waals surface area contributed by atoms with Crippen molar-refractivity contribution in [3.63, 3.8) is 0 Å². The molecule has 1 fully saturated rings. The summed E-state index contributed by atoms with van der Waals surface area (Å²) in [6.45, 7) is 1.14. The minimum absolute atomic E-state index is 0.0709. The van der Waals surface area contributed by atoms with Crippen molar-refractivity contribution in [3.05, 3.63) is 66.1 Å². The lowest BCUT2D eigenvalue weighted by Crippen LogP contribution is -2.36. The highest BCUT2D eigenvalue weighted by Crippen LogP contribution is 2.28. The monoisotopic (exact) mass is 378 g/mol. The average Bonchev–Trinajstić information content (AvgIpc) is 3.16. The van der Waals surface area contributed by atoms with E-state index in [4.69, 9.17) is 5.11 Å².